The van der Waals surface area contributed by atoms with Crippen LogP contribution >= 0.6 is 11.8 Å². The largest absolute Gasteiger partial charge is 0.326 e. The van der Waals surface area contributed by atoms with Crippen molar-refractivity contribution in [3.8, 4) is 0 Å². The first-order valence-electron chi connectivity index (χ1n) is 8.98. The summed E-state index contributed by atoms with van der Waals surface area (Å²) in [5.41, 5.74) is 3.89. The molecule has 1 fully saturated rings. The van der Waals surface area contributed by atoms with E-state index in [0.717, 1.165) is 29.8 Å². The van der Waals surface area contributed by atoms with E-state index in [-0.39, 0.29) is 17.2 Å². The van der Waals surface area contributed by atoms with Crippen LogP contribution in [0.4, 0.5) is 11.4 Å². The molecule has 2 aromatic carbocycles. The molecule has 1 aliphatic rings. The van der Waals surface area contributed by atoms with Crippen LogP contribution in [-0.4, -0.2) is 17.6 Å². The van der Waals surface area contributed by atoms with E-state index in [4.69, 9.17) is 0 Å². The zero-order chi connectivity index (χ0) is 18.5. The van der Waals surface area contributed by atoms with Crippen LogP contribution in [0, 0.1) is 6.92 Å². The van der Waals surface area contributed by atoms with E-state index in [0.29, 0.717) is 12.2 Å². The lowest BCUT2D eigenvalue weighted by atomic mass is 10.1. The van der Waals surface area contributed by atoms with Crippen LogP contribution in [0.15, 0.2) is 48.5 Å². The summed E-state index contributed by atoms with van der Waals surface area (Å²) in [6, 6.07) is 15.8. The number of hydrogen-bond donors (Lipinski definition) is 1. The van der Waals surface area contributed by atoms with Crippen molar-refractivity contribution < 1.29 is 9.59 Å². The van der Waals surface area contributed by atoms with Gasteiger partial charge in [0.25, 0.3) is 0 Å². The third-order valence-electron chi connectivity index (χ3n) is 4.39. The predicted octanol–water partition coefficient (Wildman–Crippen LogP) is 4.90. The van der Waals surface area contributed by atoms with E-state index in [1.165, 1.54) is 5.56 Å². The third kappa shape index (κ3) is 4.28. The van der Waals surface area contributed by atoms with Gasteiger partial charge in [-0.2, -0.15) is 0 Å². The molecule has 1 unspecified atom stereocenters. The van der Waals surface area contributed by atoms with Crippen LogP contribution in [0.2, 0.25) is 0 Å². The first kappa shape index (κ1) is 18.5. The van der Waals surface area contributed by atoms with Crippen LogP contribution < -0.4 is 10.2 Å². The van der Waals surface area contributed by atoms with Gasteiger partial charge in [-0.15, -0.1) is 11.8 Å². The summed E-state index contributed by atoms with van der Waals surface area (Å²) in [5, 5.41) is 2.89. The molecule has 1 aliphatic heterocycles. The molecule has 0 spiro atoms. The molecule has 3 rings (SSSR count). The van der Waals surface area contributed by atoms with Gasteiger partial charge in [0.15, 0.2) is 0 Å². The summed E-state index contributed by atoms with van der Waals surface area (Å²) in [4.78, 5) is 26.3. The summed E-state index contributed by atoms with van der Waals surface area (Å²) >= 11 is 1.62. The van der Waals surface area contributed by atoms with Crippen molar-refractivity contribution >= 4 is 35.0 Å². The van der Waals surface area contributed by atoms with Crippen LogP contribution in [0.25, 0.3) is 0 Å². The molecule has 1 atom stereocenters. The first-order valence-corrected chi connectivity index (χ1v) is 10.0. The highest BCUT2D eigenvalue weighted by Gasteiger charge is 2.34. The van der Waals surface area contributed by atoms with Gasteiger partial charge in [-0.3, -0.25) is 14.5 Å². The Hall–Kier alpha value is -2.27. The van der Waals surface area contributed by atoms with E-state index in [1.807, 2.05) is 60.4 Å². The van der Waals surface area contributed by atoms with Crippen molar-refractivity contribution in [2.24, 2.45) is 0 Å². The molecule has 1 heterocycles. The van der Waals surface area contributed by atoms with Gasteiger partial charge in [0.2, 0.25) is 11.8 Å². The predicted molar refractivity (Wildman–Crippen MR) is 108 cm³/mol. The van der Waals surface area contributed by atoms with Gasteiger partial charge in [0, 0.05) is 17.8 Å². The number of thioether (sulfide) groups is 1. The van der Waals surface area contributed by atoms with E-state index < -0.39 is 0 Å². The molecule has 136 valence electrons. The van der Waals surface area contributed by atoms with Crippen molar-refractivity contribution in [3.05, 3.63) is 59.7 Å². The molecule has 1 N–H and O–H groups in total. The minimum absolute atomic E-state index is 0.0366. The second-order valence-electron chi connectivity index (χ2n) is 6.54. The molecule has 0 aliphatic carbocycles. The summed E-state index contributed by atoms with van der Waals surface area (Å²) in [6.45, 7) is 4.11. The molecule has 4 nitrogen and oxygen atoms in total. The van der Waals surface area contributed by atoms with Crippen LogP contribution in [0.5, 0.6) is 0 Å². The van der Waals surface area contributed by atoms with Crippen molar-refractivity contribution in [1.82, 2.24) is 0 Å². The number of hydrogen-bond acceptors (Lipinski definition) is 3. The van der Waals surface area contributed by atoms with Gasteiger partial charge >= 0.3 is 0 Å². The SMILES string of the molecule is CCCCC(=O)Nc1cccc(C2SCC(=O)N2c2ccc(C)cc2)c1. The lowest BCUT2D eigenvalue weighted by Crippen LogP contribution is -2.27. The smallest absolute Gasteiger partial charge is 0.238 e. The maximum atomic E-state index is 12.5. The maximum Gasteiger partial charge on any atom is 0.238 e. The molecule has 0 saturated carbocycles. The lowest BCUT2D eigenvalue weighted by Gasteiger charge is -2.25. The number of carbonyl (C=O) groups excluding carboxylic acids is 2. The van der Waals surface area contributed by atoms with Gasteiger partial charge < -0.3 is 5.32 Å². The molecule has 2 amide bonds. The Kier molecular flexibility index (Phi) is 5.99. The van der Waals surface area contributed by atoms with E-state index in [9.17, 15) is 9.59 Å². The molecule has 0 aromatic heterocycles. The number of nitrogens with zero attached hydrogens (tertiary/aromatic N) is 1. The van der Waals surface area contributed by atoms with Gasteiger partial charge in [-0.25, -0.2) is 0 Å². The van der Waals surface area contributed by atoms with Gasteiger partial charge in [0.05, 0.1) is 5.75 Å². The lowest BCUT2D eigenvalue weighted by molar-refractivity contribution is -0.116. The van der Waals surface area contributed by atoms with Gasteiger partial charge in [-0.05, 0) is 43.2 Å². The summed E-state index contributed by atoms with van der Waals surface area (Å²) in [6.07, 6.45) is 2.42. The Morgan fingerprint density at radius 2 is 2.00 bits per heavy atom. The standard InChI is InChI=1S/C21H24N2O2S/c1-3-4-8-19(24)22-17-7-5-6-16(13-17)21-23(20(25)14-26-21)18-11-9-15(2)10-12-18/h5-7,9-13,21H,3-4,8,14H2,1-2H3,(H,22,24). The molecule has 26 heavy (non-hydrogen) atoms. The minimum Gasteiger partial charge on any atom is -0.326 e. The van der Waals surface area contributed by atoms with Crippen molar-refractivity contribution in [1.29, 1.82) is 0 Å². The minimum atomic E-state index is -0.0716. The van der Waals surface area contributed by atoms with E-state index in [1.54, 1.807) is 11.8 Å². The topological polar surface area (TPSA) is 49.4 Å². The number of benzene rings is 2. The van der Waals surface area contributed by atoms with E-state index in [2.05, 4.69) is 12.2 Å². The average molecular weight is 369 g/mol. The molecular formula is C21H24N2O2S. The van der Waals surface area contributed by atoms with Gasteiger partial charge in [-0.1, -0.05) is 43.2 Å². The molecule has 0 radical (unpaired) electrons. The first-order chi connectivity index (χ1) is 12.6. The third-order valence-corrected chi connectivity index (χ3v) is 5.61. The zero-order valence-corrected chi connectivity index (χ0v) is 16.0. The fourth-order valence-electron chi connectivity index (χ4n) is 2.99. The highest BCUT2D eigenvalue weighted by atomic mass is 32.2. The summed E-state index contributed by atoms with van der Waals surface area (Å²) in [5.74, 6) is 0.613. The average Bonchev–Trinajstić information content (AvgIpc) is 3.02. The Morgan fingerprint density at radius 3 is 2.73 bits per heavy atom. The maximum absolute atomic E-state index is 12.5. The Morgan fingerprint density at radius 1 is 1.23 bits per heavy atom. The summed E-state index contributed by atoms with van der Waals surface area (Å²) in [7, 11) is 0. The second kappa shape index (κ2) is 8.41. The Balaban J connectivity index is 1.81. The number of nitrogens with one attached hydrogen (secondary N) is 1. The molecule has 5 heteroatoms. The highest BCUT2D eigenvalue weighted by molar-refractivity contribution is 8.00. The van der Waals surface area contributed by atoms with Gasteiger partial charge in [0.1, 0.15) is 5.37 Å². The number of carbonyl (C=O) groups is 2. The Bertz CT molecular complexity index is 789. The second-order valence-corrected chi connectivity index (χ2v) is 7.61. The van der Waals surface area contributed by atoms with Crippen molar-refractivity contribution in [2.75, 3.05) is 16.0 Å². The van der Waals surface area contributed by atoms with Crippen molar-refractivity contribution in [2.45, 2.75) is 38.5 Å². The molecule has 1 saturated heterocycles. The summed E-state index contributed by atoms with van der Waals surface area (Å²) < 4.78 is 0. The monoisotopic (exact) mass is 368 g/mol. The number of aryl methyl sites for hydroxylation is 1. The zero-order valence-electron chi connectivity index (χ0n) is 15.2. The fraction of sp³-hybridized carbons (Fsp3) is 0.333. The number of rotatable bonds is 6. The normalized spacial score (nSPS) is 16.8. The van der Waals surface area contributed by atoms with Crippen LogP contribution in [0.1, 0.15) is 42.7 Å². The number of unbranched alkanes of at least 4 members (excludes halogenated alkanes) is 1. The van der Waals surface area contributed by atoms with E-state index >= 15 is 0 Å². The fourth-order valence-corrected chi connectivity index (χ4v) is 4.15. The molecular weight excluding hydrogens is 344 g/mol. The highest BCUT2D eigenvalue weighted by Crippen LogP contribution is 2.42. The van der Waals surface area contributed by atoms with Crippen LogP contribution in [-0.2, 0) is 9.59 Å². The molecule has 2 aromatic rings. The van der Waals surface area contributed by atoms with Crippen molar-refractivity contribution in [3.63, 3.8) is 0 Å². The number of amides is 2. The molecule has 0 bridgehead atoms. The number of anilines is 2. The Labute approximate surface area is 159 Å². The van der Waals surface area contributed by atoms with Crippen LogP contribution in [0.3, 0.4) is 0 Å². The quantitative estimate of drug-likeness (QED) is 0.789.